The van der Waals surface area contributed by atoms with Crippen LogP contribution in [0.4, 0.5) is 0 Å². The van der Waals surface area contributed by atoms with Crippen molar-refractivity contribution in [1.82, 2.24) is 0 Å². The first kappa shape index (κ1) is 14.9. The van der Waals surface area contributed by atoms with E-state index < -0.39 is 0 Å². The lowest BCUT2D eigenvalue weighted by atomic mass is 9.87. The molecule has 16 heavy (non-hydrogen) atoms. The van der Waals surface area contributed by atoms with Gasteiger partial charge in [-0.05, 0) is 12.2 Å². The third-order valence-corrected chi connectivity index (χ3v) is 2.25. The molecule has 0 N–H and O–H groups in total. The van der Waals surface area contributed by atoms with Gasteiger partial charge in [-0.1, -0.05) is 60.8 Å². The van der Waals surface area contributed by atoms with Gasteiger partial charge in [0.2, 0.25) is 0 Å². The molecule has 0 rings (SSSR count). The van der Waals surface area contributed by atoms with Gasteiger partial charge in [-0.3, -0.25) is 4.99 Å². The number of rotatable bonds is 3. The van der Waals surface area contributed by atoms with E-state index in [0.29, 0.717) is 0 Å². The summed E-state index contributed by atoms with van der Waals surface area (Å²) < 4.78 is 0. The minimum atomic E-state index is 0.0211. The SMILES string of the molecule is C=C/C=C(\N=C(/C=C)C(C)(C)C)C(C)(C)C. The first-order chi connectivity index (χ1) is 7.12. The Morgan fingerprint density at radius 3 is 1.69 bits per heavy atom. The third kappa shape index (κ3) is 4.61. The molecule has 0 aliphatic heterocycles. The average Bonchev–Trinajstić information content (AvgIpc) is 2.07. The fourth-order valence-electron chi connectivity index (χ4n) is 1.22. The molecule has 0 aromatic rings. The summed E-state index contributed by atoms with van der Waals surface area (Å²) in [5, 5.41) is 0. The smallest absolute Gasteiger partial charge is 0.0460 e. The van der Waals surface area contributed by atoms with Crippen molar-refractivity contribution in [2.24, 2.45) is 15.8 Å². The Balaban J connectivity index is 5.45. The Labute approximate surface area is 101 Å². The Hall–Kier alpha value is -1.11. The van der Waals surface area contributed by atoms with E-state index in [-0.39, 0.29) is 10.8 Å². The van der Waals surface area contributed by atoms with Crippen LogP contribution in [0, 0.1) is 10.8 Å². The zero-order chi connectivity index (χ0) is 13.0. The fraction of sp³-hybridized carbons (Fsp3) is 0.533. The summed E-state index contributed by atoms with van der Waals surface area (Å²) in [6.45, 7) is 20.4. The van der Waals surface area contributed by atoms with Crippen LogP contribution in [-0.4, -0.2) is 5.71 Å². The maximum atomic E-state index is 4.72. The van der Waals surface area contributed by atoms with E-state index >= 15 is 0 Å². The van der Waals surface area contributed by atoms with Crippen LogP contribution >= 0.6 is 0 Å². The fourth-order valence-corrected chi connectivity index (χ4v) is 1.22. The van der Waals surface area contributed by atoms with Crippen molar-refractivity contribution in [2.75, 3.05) is 0 Å². The van der Waals surface area contributed by atoms with Gasteiger partial charge in [-0.2, -0.15) is 0 Å². The topological polar surface area (TPSA) is 12.4 Å². The molecule has 0 spiro atoms. The Morgan fingerprint density at radius 1 is 0.938 bits per heavy atom. The molecule has 0 heterocycles. The monoisotopic (exact) mass is 219 g/mol. The zero-order valence-corrected chi connectivity index (χ0v) is 11.6. The van der Waals surface area contributed by atoms with Crippen molar-refractivity contribution in [2.45, 2.75) is 41.5 Å². The Morgan fingerprint density at radius 2 is 1.44 bits per heavy atom. The molecule has 90 valence electrons. The van der Waals surface area contributed by atoms with Crippen molar-refractivity contribution >= 4 is 5.71 Å². The van der Waals surface area contributed by atoms with Crippen LogP contribution in [0.3, 0.4) is 0 Å². The van der Waals surface area contributed by atoms with Gasteiger partial charge >= 0.3 is 0 Å². The van der Waals surface area contributed by atoms with E-state index in [1.54, 1.807) is 6.08 Å². The highest BCUT2D eigenvalue weighted by molar-refractivity contribution is 5.99. The zero-order valence-electron chi connectivity index (χ0n) is 11.6. The molecule has 1 heteroatoms. The molecule has 0 atom stereocenters. The van der Waals surface area contributed by atoms with Crippen molar-refractivity contribution in [3.8, 4) is 0 Å². The number of nitrogens with zero attached hydrogens (tertiary/aromatic N) is 1. The summed E-state index contributed by atoms with van der Waals surface area (Å²) >= 11 is 0. The van der Waals surface area contributed by atoms with E-state index in [1.807, 2.05) is 12.2 Å². The van der Waals surface area contributed by atoms with Gasteiger partial charge < -0.3 is 0 Å². The quantitative estimate of drug-likeness (QED) is 0.478. The molecule has 0 aliphatic rings. The van der Waals surface area contributed by atoms with Crippen LogP contribution in [0.25, 0.3) is 0 Å². The van der Waals surface area contributed by atoms with Crippen molar-refractivity contribution in [3.05, 3.63) is 37.1 Å². The third-order valence-electron chi connectivity index (χ3n) is 2.25. The standard InChI is InChI=1S/C15H25N/c1-9-11-13(15(6,7)8)16-12(10-2)14(3,4)5/h9-11H,1-2H2,3-8H3/b13-11-,16-12+. The normalized spacial score (nSPS) is 14.9. The van der Waals surface area contributed by atoms with Crippen LogP contribution in [-0.2, 0) is 0 Å². The van der Waals surface area contributed by atoms with Crippen LogP contribution in [0.2, 0.25) is 0 Å². The highest BCUT2D eigenvalue weighted by atomic mass is 14.8. The van der Waals surface area contributed by atoms with Gasteiger partial charge in [0.15, 0.2) is 0 Å². The largest absolute Gasteiger partial charge is 0.257 e. The molecule has 0 aromatic carbocycles. The summed E-state index contributed by atoms with van der Waals surface area (Å²) in [4.78, 5) is 4.72. The molecule has 1 nitrogen and oxygen atoms in total. The maximum absolute atomic E-state index is 4.72. The second-order valence-electron chi connectivity index (χ2n) is 5.99. The Kier molecular flexibility index (Phi) is 4.92. The predicted molar refractivity (Wildman–Crippen MR) is 74.8 cm³/mol. The molecule has 0 saturated heterocycles. The molecule has 0 bridgehead atoms. The van der Waals surface area contributed by atoms with Gasteiger partial charge in [0.25, 0.3) is 0 Å². The second-order valence-corrected chi connectivity index (χ2v) is 5.99. The lowest BCUT2D eigenvalue weighted by molar-refractivity contribution is 0.494. The molecular formula is C15H25N. The summed E-state index contributed by atoms with van der Waals surface area (Å²) in [7, 11) is 0. The van der Waals surface area contributed by atoms with Crippen molar-refractivity contribution in [1.29, 1.82) is 0 Å². The molecule has 0 aliphatic carbocycles. The highest BCUT2D eigenvalue weighted by Crippen LogP contribution is 2.29. The Bertz CT molecular complexity index is 316. The highest BCUT2D eigenvalue weighted by Gasteiger charge is 2.20. The van der Waals surface area contributed by atoms with Crippen LogP contribution < -0.4 is 0 Å². The molecule has 0 aromatic heterocycles. The lowest BCUT2D eigenvalue weighted by Crippen LogP contribution is -2.20. The van der Waals surface area contributed by atoms with E-state index in [1.165, 1.54) is 0 Å². The number of hydrogen-bond donors (Lipinski definition) is 0. The van der Waals surface area contributed by atoms with Crippen molar-refractivity contribution < 1.29 is 0 Å². The molecule has 0 fully saturated rings. The van der Waals surface area contributed by atoms with Gasteiger partial charge in [-0.25, -0.2) is 0 Å². The van der Waals surface area contributed by atoms with Gasteiger partial charge in [-0.15, -0.1) is 0 Å². The molecule has 0 amide bonds. The number of aliphatic imine (C=N–C) groups is 1. The summed E-state index contributed by atoms with van der Waals surface area (Å²) in [5.74, 6) is 0. The minimum Gasteiger partial charge on any atom is -0.257 e. The first-order valence-corrected chi connectivity index (χ1v) is 5.67. The maximum Gasteiger partial charge on any atom is 0.0460 e. The number of hydrogen-bond acceptors (Lipinski definition) is 1. The van der Waals surface area contributed by atoms with Crippen LogP contribution in [0.15, 0.2) is 42.1 Å². The van der Waals surface area contributed by atoms with E-state index in [4.69, 9.17) is 4.99 Å². The van der Waals surface area contributed by atoms with Crippen molar-refractivity contribution in [3.63, 3.8) is 0 Å². The van der Waals surface area contributed by atoms with Crippen LogP contribution in [0.1, 0.15) is 41.5 Å². The van der Waals surface area contributed by atoms with E-state index in [9.17, 15) is 0 Å². The van der Waals surface area contributed by atoms with Crippen LogP contribution in [0.5, 0.6) is 0 Å². The molecule has 0 radical (unpaired) electrons. The summed E-state index contributed by atoms with van der Waals surface area (Å²) in [5.41, 5.74) is 2.09. The molecule has 0 saturated carbocycles. The summed E-state index contributed by atoms with van der Waals surface area (Å²) in [6.07, 6.45) is 5.59. The molecular weight excluding hydrogens is 194 g/mol. The van der Waals surface area contributed by atoms with E-state index in [2.05, 4.69) is 54.7 Å². The van der Waals surface area contributed by atoms with E-state index in [0.717, 1.165) is 11.4 Å². The predicted octanol–water partition coefficient (Wildman–Crippen LogP) is 4.78. The average molecular weight is 219 g/mol. The second kappa shape index (κ2) is 5.29. The number of allylic oxidation sites excluding steroid dienone is 4. The van der Waals surface area contributed by atoms with Gasteiger partial charge in [0, 0.05) is 22.2 Å². The minimum absolute atomic E-state index is 0.0211. The van der Waals surface area contributed by atoms with Gasteiger partial charge in [0.05, 0.1) is 0 Å². The summed E-state index contributed by atoms with van der Waals surface area (Å²) in [6, 6.07) is 0. The first-order valence-electron chi connectivity index (χ1n) is 5.67. The lowest BCUT2D eigenvalue weighted by Gasteiger charge is -2.24. The van der Waals surface area contributed by atoms with Gasteiger partial charge in [0.1, 0.15) is 0 Å². The molecule has 0 unspecified atom stereocenters.